The quantitative estimate of drug-likeness (QED) is 0.260. The van der Waals surface area contributed by atoms with Crippen LogP contribution in [-0.4, -0.2) is 26.2 Å². The van der Waals surface area contributed by atoms with Crippen LogP contribution in [0.15, 0.2) is 42.7 Å². The fourth-order valence-corrected chi connectivity index (χ4v) is 2.64. The number of aromatic nitrogens is 2. The summed E-state index contributed by atoms with van der Waals surface area (Å²) in [7, 11) is 0. The number of hydrogen-bond acceptors (Lipinski definition) is 7. The Hall–Kier alpha value is -3.75. The van der Waals surface area contributed by atoms with Gasteiger partial charge in [0.15, 0.2) is 5.75 Å². The van der Waals surface area contributed by atoms with Crippen molar-refractivity contribution in [2.24, 2.45) is 11.8 Å². The van der Waals surface area contributed by atoms with Gasteiger partial charge in [0.2, 0.25) is 0 Å². The van der Waals surface area contributed by atoms with Crippen LogP contribution >= 0.6 is 0 Å². The molecule has 1 aromatic carbocycles. The minimum atomic E-state index is -0.678. The minimum absolute atomic E-state index is 0.196. The van der Waals surface area contributed by atoms with Crippen LogP contribution in [0.4, 0.5) is 5.69 Å². The number of hydrogen-bond donors (Lipinski definition) is 0. The van der Waals surface area contributed by atoms with Crippen molar-refractivity contribution in [2.45, 2.75) is 27.7 Å². The van der Waals surface area contributed by atoms with Crippen LogP contribution in [0.25, 0.3) is 16.9 Å². The van der Waals surface area contributed by atoms with Gasteiger partial charge in [0.25, 0.3) is 5.75 Å². The SMILES string of the molecule is CC(C)C(=O)Oc1cc(-c2cnc3ccccn23)cc([N+](=O)[O-])c1OC(=O)C(C)C. The predicted molar refractivity (Wildman–Crippen MR) is 108 cm³/mol. The summed E-state index contributed by atoms with van der Waals surface area (Å²) >= 11 is 0. The Labute approximate surface area is 172 Å². The highest BCUT2D eigenvalue weighted by atomic mass is 16.6. The number of rotatable bonds is 6. The molecule has 0 fully saturated rings. The second-order valence-electron chi connectivity index (χ2n) is 7.30. The number of ether oxygens (including phenoxy) is 2. The van der Waals surface area contributed by atoms with Gasteiger partial charge in [-0.25, -0.2) is 4.98 Å². The van der Waals surface area contributed by atoms with Crippen molar-refractivity contribution in [3.05, 3.63) is 52.8 Å². The molecule has 0 spiro atoms. The molecule has 156 valence electrons. The molecular formula is C21H21N3O6. The summed E-state index contributed by atoms with van der Waals surface area (Å²) in [4.78, 5) is 39.8. The molecule has 0 aliphatic heterocycles. The number of fused-ring (bicyclic) bond motifs is 1. The van der Waals surface area contributed by atoms with E-state index in [2.05, 4.69) is 4.98 Å². The normalized spacial score (nSPS) is 11.1. The summed E-state index contributed by atoms with van der Waals surface area (Å²) in [5.74, 6) is -2.90. The van der Waals surface area contributed by atoms with E-state index in [1.54, 1.807) is 56.6 Å². The number of nitrogens with zero attached hydrogens (tertiary/aromatic N) is 3. The van der Waals surface area contributed by atoms with Gasteiger partial charge >= 0.3 is 17.6 Å². The molecule has 3 aromatic rings. The first-order valence-electron chi connectivity index (χ1n) is 9.37. The highest BCUT2D eigenvalue weighted by Crippen LogP contribution is 2.42. The van der Waals surface area contributed by atoms with E-state index in [1.165, 1.54) is 12.1 Å². The lowest BCUT2D eigenvalue weighted by molar-refractivity contribution is -0.385. The van der Waals surface area contributed by atoms with Crippen molar-refractivity contribution in [1.29, 1.82) is 0 Å². The third-order valence-corrected chi connectivity index (χ3v) is 4.30. The van der Waals surface area contributed by atoms with Gasteiger partial charge in [-0.1, -0.05) is 33.8 Å². The third-order valence-electron chi connectivity index (χ3n) is 4.30. The average molecular weight is 411 g/mol. The fraction of sp³-hybridized carbons (Fsp3) is 0.286. The number of imidazole rings is 1. The van der Waals surface area contributed by atoms with Gasteiger partial charge in [0, 0.05) is 17.8 Å². The van der Waals surface area contributed by atoms with E-state index >= 15 is 0 Å². The monoisotopic (exact) mass is 411 g/mol. The number of esters is 2. The molecule has 0 aliphatic rings. The zero-order valence-electron chi connectivity index (χ0n) is 17.0. The van der Waals surface area contributed by atoms with Crippen LogP contribution in [0.2, 0.25) is 0 Å². The lowest BCUT2D eigenvalue weighted by Gasteiger charge is -2.14. The van der Waals surface area contributed by atoms with E-state index < -0.39 is 40.1 Å². The van der Waals surface area contributed by atoms with Gasteiger partial charge in [0.05, 0.1) is 28.6 Å². The van der Waals surface area contributed by atoms with Crippen LogP contribution in [0.1, 0.15) is 27.7 Å². The van der Waals surface area contributed by atoms with Crippen LogP contribution < -0.4 is 9.47 Å². The Morgan fingerprint density at radius 3 is 2.37 bits per heavy atom. The van der Waals surface area contributed by atoms with Crippen LogP contribution in [0.3, 0.4) is 0 Å². The van der Waals surface area contributed by atoms with Crippen molar-refractivity contribution in [3.8, 4) is 22.8 Å². The zero-order chi connectivity index (χ0) is 22.0. The summed E-state index contributed by atoms with van der Waals surface area (Å²) in [6.45, 7) is 6.46. The Bertz CT molecular complexity index is 1130. The number of pyridine rings is 1. The molecular weight excluding hydrogens is 390 g/mol. The number of carbonyl (C=O) groups is 2. The topological polar surface area (TPSA) is 113 Å². The molecule has 0 unspecified atom stereocenters. The second-order valence-corrected chi connectivity index (χ2v) is 7.30. The smallest absolute Gasteiger partial charge is 0.316 e. The van der Waals surface area contributed by atoms with Gasteiger partial charge < -0.3 is 9.47 Å². The Kier molecular flexibility index (Phi) is 5.81. The molecule has 9 heteroatoms. The van der Waals surface area contributed by atoms with Gasteiger partial charge in [-0.2, -0.15) is 0 Å². The third kappa shape index (κ3) is 4.14. The molecule has 2 aromatic heterocycles. The van der Waals surface area contributed by atoms with Crippen molar-refractivity contribution >= 4 is 23.3 Å². The molecule has 0 N–H and O–H groups in total. The molecule has 0 saturated carbocycles. The van der Waals surface area contributed by atoms with E-state index in [4.69, 9.17) is 9.47 Å². The molecule has 30 heavy (non-hydrogen) atoms. The molecule has 0 atom stereocenters. The Morgan fingerprint density at radius 2 is 1.73 bits per heavy atom. The van der Waals surface area contributed by atoms with Crippen molar-refractivity contribution in [1.82, 2.24) is 9.38 Å². The molecule has 0 radical (unpaired) electrons. The van der Waals surface area contributed by atoms with Crippen molar-refractivity contribution in [2.75, 3.05) is 0 Å². The molecule has 3 rings (SSSR count). The molecule has 0 saturated heterocycles. The average Bonchev–Trinajstić information content (AvgIpc) is 3.12. The summed E-state index contributed by atoms with van der Waals surface area (Å²) in [5.41, 5.74) is 1.10. The van der Waals surface area contributed by atoms with Gasteiger partial charge in [-0.15, -0.1) is 0 Å². The van der Waals surface area contributed by atoms with Gasteiger partial charge in [0.1, 0.15) is 5.65 Å². The van der Waals surface area contributed by atoms with Crippen LogP contribution in [-0.2, 0) is 9.59 Å². The molecule has 0 aliphatic carbocycles. The number of nitro groups is 1. The second kappa shape index (κ2) is 8.32. The summed E-state index contributed by atoms with van der Waals surface area (Å²) < 4.78 is 12.4. The van der Waals surface area contributed by atoms with Gasteiger partial charge in [-0.05, 0) is 18.2 Å². The predicted octanol–water partition coefficient (Wildman–Crippen LogP) is 4.03. The number of nitro benzene ring substituents is 1. The Balaban J connectivity index is 2.22. The standard InChI is InChI=1S/C21H21N3O6/c1-12(2)20(25)29-17-10-14(16-11-22-18-7-5-6-8-23(16)18)9-15(24(27)28)19(17)30-21(26)13(3)4/h5-13H,1-4H3. The highest BCUT2D eigenvalue weighted by Gasteiger charge is 2.28. The largest absolute Gasteiger partial charge is 0.422 e. The summed E-state index contributed by atoms with van der Waals surface area (Å²) in [5, 5.41) is 11.8. The molecule has 0 amide bonds. The van der Waals surface area contributed by atoms with Gasteiger partial charge in [-0.3, -0.25) is 24.1 Å². The number of carbonyl (C=O) groups excluding carboxylic acids is 2. The maximum Gasteiger partial charge on any atom is 0.316 e. The van der Waals surface area contributed by atoms with E-state index in [-0.39, 0.29) is 5.75 Å². The first-order chi connectivity index (χ1) is 14.2. The summed E-state index contributed by atoms with van der Waals surface area (Å²) in [6, 6.07) is 8.11. The number of benzene rings is 1. The van der Waals surface area contributed by atoms with Crippen molar-refractivity contribution < 1.29 is 24.0 Å². The lowest BCUT2D eigenvalue weighted by Crippen LogP contribution is -2.19. The van der Waals surface area contributed by atoms with E-state index in [0.29, 0.717) is 16.9 Å². The van der Waals surface area contributed by atoms with Crippen LogP contribution in [0.5, 0.6) is 11.5 Å². The van der Waals surface area contributed by atoms with E-state index in [0.717, 1.165) is 0 Å². The lowest BCUT2D eigenvalue weighted by atomic mass is 10.1. The first-order valence-corrected chi connectivity index (χ1v) is 9.37. The van der Waals surface area contributed by atoms with E-state index in [9.17, 15) is 19.7 Å². The fourth-order valence-electron chi connectivity index (χ4n) is 2.64. The van der Waals surface area contributed by atoms with Crippen molar-refractivity contribution in [3.63, 3.8) is 0 Å². The molecule has 9 nitrogen and oxygen atoms in total. The maximum absolute atomic E-state index is 12.2. The minimum Gasteiger partial charge on any atom is -0.422 e. The maximum atomic E-state index is 12.2. The molecule has 2 heterocycles. The zero-order valence-corrected chi connectivity index (χ0v) is 17.0. The molecule has 0 bridgehead atoms. The van der Waals surface area contributed by atoms with Crippen LogP contribution in [0, 0.1) is 22.0 Å². The first kappa shape index (κ1) is 21.0. The highest BCUT2D eigenvalue weighted by molar-refractivity contribution is 5.82. The Morgan fingerprint density at radius 1 is 1.07 bits per heavy atom. The summed E-state index contributed by atoms with van der Waals surface area (Å²) in [6.07, 6.45) is 3.32. The van der Waals surface area contributed by atoms with E-state index in [1.807, 2.05) is 6.07 Å².